The van der Waals surface area contributed by atoms with E-state index in [4.69, 9.17) is 4.74 Å². The van der Waals surface area contributed by atoms with E-state index in [9.17, 15) is 19.2 Å². The van der Waals surface area contributed by atoms with E-state index in [-0.39, 0.29) is 11.9 Å². The van der Waals surface area contributed by atoms with E-state index < -0.39 is 36.6 Å². The standard InChI is InChI=1S/C22H29N3O5/c1-14-8-10-16(11-9-14)22(3)20(28)25(21(29)24-22)12-19(27)30-13-18(26)23-17-7-5-4-6-15(17)2/h8-11,15,17H,4-7,12-13H2,1-3H3,(H,23,26)(H,24,29)/t15-,17-,22+/m0/s1. The van der Waals surface area contributed by atoms with Gasteiger partial charge in [0.1, 0.15) is 12.1 Å². The Morgan fingerprint density at radius 1 is 1.20 bits per heavy atom. The minimum absolute atomic E-state index is 0.0890. The van der Waals surface area contributed by atoms with Gasteiger partial charge in [0.2, 0.25) is 0 Å². The van der Waals surface area contributed by atoms with Crippen LogP contribution in [0, 0.1) is 12.8 Å². The lowest BCUT2D eigenvalue weighted by molar-refractivity contribution is -0.151. The van der Waals surface area contributed by atoms with Crippen LogP contribution in [0.25, 0.3) is 0 Å². The number of nitrogens with zero attached hydrogens (tertiary/aromatic N) is 1. The van der Waals surface area contributed by atoms with Crippen molar-refractivity contribution in [3.05, 3.63) is 35.4 Å². The molecule has 0 unspecified atom stereocenters. The summed E-state index contributed by atoms with van der Waals surface area (Å²) in [6.45, 7) is 4.65. The molecule has 1 aromatic carbocycles. The lowest BCUT2D eigenvalue weighted by atomic mass is 9.86. The number of nitrogens with one attached hydrogen (secondary N) is 2. The third-order valence-corrected chi connectivity index (χ3v) is 6.01. The molecule has 162 valence electrons. The van der Waals surface area contributed by atoms with Crippen molar-refractivity contribution in [1.29, 1.82) is 0 Å². The van der Waals surface area contributed by atoms with Gasteiger partial charge in [-0.05, 0) is 38.2 Å². The Kier molecular flexibility index (Phi) is 6.43. The quantitative estimate of drug-likeness (QED) is 0.546. The van der Waals surface area contributed by atoms with Crippen molar-refractivity contribution in [1.82, 2.24) is 15.5 Å². The van der Waals surface area contributed by atoms with Gasteiger partial charge in [-0.25, -0.2) is 4.79 Å². The van der Waals surface area contributed by atoms with Crippen molar-refractivity contribution in [2.45, 2.75) is 58.0 Å². The number of hydrogen-bond acceptors (Lipinski definition) is 5. The predicted molar refractivity (Wildman–Crippen MR) is 109 cm³/mol. The highest BCUT2D eigenvalue weighted by Gasteiger charge is 2.49. The molecular weight excluding hydrogens is 386 g/mol. The zero-order chi connectivity index (χ0) is 21.9. The summed E-state index contributed by atoms with van der Waals surface area (Å²) in [6, 6.07) is 6.66. The van der Waals surface area contributed by atoms with Crippen molar-refractivity contribution in [2.24, 2.45) is 5.92 Å². The van der Waals surface area contributed by atoms with Gasteiger partial charge < -0.3 is 15.4 Å². The highest BCUT2D eigenvalue weighted by atomic mass is 16.5. The van der Waals surface area contributed by atoms with E-state index >= 15 is 0 Å². The van der Waals surface area contributed by atoms with Crippen LogP contribution in [0.2, 0.25) is 0 Å². The summed E-state index contributed by atoms with van der Waals surface area (Å²) in [5.41, 5.74) is 0.406. The maximum atomic E-state index is 12.9. The molecule has 1 saturated carbocycles. The molecule has 0 spiro atoms. The molecule has 2 N–H and O–H groups in total. The van der Waals surface area contributed by atoms with Crippen LogP contribution in [0.5, 0.6) is 0 Å². The third kappa shape index (κ3) is 4.63. The van der Waals surface area contributed by atoms with Crippen LogP contribution in [0.3, 0.4) is 0 Å². The Balaban J connectivity index is 1.53. The van der Waals surface area contributed by atoms with Gasteiger partial charge in [0.15, 0.2) is 6.61 Å². The normalized spacial score (nSPS) is 26.3. The number of aryl methyl sites for hydroxylation is 1. The second-order valence-electron chi connectivity index (χ2n) is 8.41. The summed E-state index contributed by atoms with van der Waals surface area (Å²) >= 11 is 0. The van der Waals surface area contributed by atoms with Crippen LogP contribution in [0.15, 0.2) is 24.3 Å². The zero-order valence-electron chi connectivity index (χ0n) is 17.7. The Morgan fingerprint density at radius 2 is 1.87 bits per heavy atom. The van der Waals surface area contributed by atoms with Gasteiger partial charge >= 0.3 is 12.0 Å². The topological polar surface area (TPSA) is 105 Å². The fourth-order valence-corrected chi connectivity index (χ4v) is 4.02. The average molecular weight is 415 g/mol. The molecule has 1 saturated heterocycles. The molecule has 0 bridgehead atoms. The van der Waals surface area contributed by atoms with Crippen molar-refractivity contribution >= 4 is 23.8 Å². The predicted octanol–water partition coefficient (Wildman–Crippen LogP) is 2.00. The molecule has 2 fully saturated rings. The summed E-state index contributed by atoms with van der Waals surface area (Å²) in [5, 5.41) is 5.54. The maximum absolute atomic E-state index is 12.9. The summed E-state index contributed by atoms with van der Waals surface area (Å²) in [4.78, 5) is 50.3. The first-order valence-corrected chi connectivity index (χ1v) is 10.4. The summed E-state index contributed by atoms with van der Waals surface area (Å²) in [5.74, 6) is -1.32. The number of carbonyl (C=O) groups is 4. The molecule has 2 aliphatic rings. The molecule has 1 aliphatic carbocycles. The first-order chi connectivity index (χ1) is 14.2. The minimum Gasteiger partial charge on any atom is -0.454 e. The third-order valence-electron chi connectivity index (χ3n) is 6.01. The van der Waals surface area contributed by atoms with E-state index in [1.165, 1.54) is 0 Å². The number of urea groups is 1. The number of esters is 1. The van der Waals surface area contributed by atoms with Gasteiger partial charge in [-0.2, -0.15) is 0 Å². The van der Waals surface area contributed by atoms with Crippen LogP contribution in [0.1, 0.15) is 50.7 Å². The molecule has 3 atom stereocenters. The van der Waals surface area contributed by atoms with Crippen LogP contribution in [-0.4, -0.2) is 47.9 Å². The summed E-state index contributed by atoms with van der Waals surface area (Å²) in [7, 11) is 0. The first-order valence-electron chi connectivity index (χ1n) is 10.4. The molecule has 1 aromatic rings. The van der Waals surface area contributed by atoms with Crippen LogP contribution in [-0.2, 0) is 24.7 Å². The average Bonchev–Trinajstić information content (AvgIpc) is 2.92. The minimum atomic E-state index is -1.25. The van der Waals surface area contributed by atoms with Crippen molar-refractivity contribution in [3.8, 4) is 0 Å². The van der Waals surface area contributed by atoms with Gasteiger partial charge in [-0.3, -0.25) is 19.3 Å². The fraction of sp³-hybridized carbons (Fsp3) is 0.545. The Morgan fingerprint density at radius 3 is 2.53 bits per heavy atom. The van der Waals surface area contributed by atoms with E-state index in [0.717, 1.165) is 36.1 Å². The fourth-order valence-electron chi connectivity index (χ4n) is 4.02. The first kappa shape index (κ1) is 21.8. The number of benzene rings is 1. The van der Waals surface area contributed by atoms with Gasteiger partial charge in [0.05, 0.1) is 0 Å². The van der Waals surface area contributed by atoms with E-state index in [1.54, 1.807) is 19.1 Å². The van der Waals surface area contributed by atoms with E-state index in [2.05, 4.69) is 17.6 Å². The largest absolute Gasteiger partial charge is 0.454 e. The number of ether oxygens (including phenoxy) is 1. The number of amides is 4. The molecule has 1 heterocycles. The Hall–Kier alpha value is -2.90. The summed E-state index contributed by atoms with van der Waals surface area (Å²) in [6.07, 6.45) is 4.22. The Labute approximate surface area is 176 Å². The zero-order valence-corrected chi connectivity index (χ0v) is 17.7. The second-order valence-corrected chi connectivity index (χ2v) is 8.41. The van der Waals surface area contributed by atoms with Crippen LogP contribution < -0.4 is 10.6 Å². The molecule has 4 amide bonds. The summed E-state index contributed by atoms with van der Waals surface area (Å²) < 4.78 is 5.00. The molecule has 30 heavy (non-hydrogen) atoms. The molecule has 0 radical (unpaired) electrons. The molecular formula is C22H29N3O5. The lowest BCUT2D eigenvalue weighted by Gasteiger charge is -2.29. The van der Waals surface area contributed by atoms with E-state index in [1.807, 2.05) is 19.1 Å². The lowest BCUT2D eigenvalue weighted by Crippen LogP contribution is -2.44. The molecule has 1 aliphatic heterocycles. The number of hydrogen-bond donors (Lipinski definition) is 2. The molecule has 8 heteroatoms. The second kappa shape index (κ2) is 8.85. The number of carbonyl (C=O) groups excluding carboxylic acids is 4. The van der Waals surface area contributed by atoms with Gasteiger partial charge in [-0.15, -0.1) is 0 Å². The monoisotopic (exact) mass is 415 g/mol. The molecule has 0 aromatic heterocycles. The Bertz CT molecular complexity index is 838. The highest BCUT2D eigenvalue weighted by molar-refractivity contribution is 6.08. The van der Waals surface area contributed by atoms with Gasteiger partial charge in [0.25, 0.3) is 11.8 Å². The van der Waals surface area contributed by atoms with Crippen LogP contribution in [0.4, 0.5) is 4.79 Å². The smallest absolute Gasteiger partial charge is 0.326 e. The van der Waals surface area contributed by atoms with Gasteiger partial charge in [-0.1, -0.05) is 49.6 Å². The van der Waals surface area contributed by atoms with Crippen molar-refractivity contribution in [3.63, 3.8) is 0 Å². The van der Waals surface area contributed by atoms with E-state index in [0.29, 0.717) is 11.5 Å². The highest BCUT2D eigenvalue weighted by Crippen LogP contribution is 2.29. The number of rotatable bonds is 6. The van der Waals surface area contributed by atoms with Crippen molar-refractivity contribution in [2.75, 3.05) is 13.2 Å². The molecule has 8 nitrogen and oxygen atoms in total. The number of imide groups is 1. The van der Waals surface area contributed by atoms with Crippen LogP contribution >= 0.6 is 0 Å². The molecule has 3 rings (SSSR count). The maximum Gasteiger partial charge on any atom is 0.326 e. The van der Waals surface area contributed by atoms with Gasteiger partial charge in [0, 0.05) is 6.04 Å². The SMILES string of the molecule is Cc1ccc([C@@]2(C)NC(=O)N(CC(=O)OCC(=O)N[C@H]3CCCC[C@@H]3C)C2=O)cc1. The van der Waals surface area contributed by atoms with Crippen molar-refractivity contribution < 1.29 is 23.9 Å².